The fourth-order valence-corrected chi connectivity index (χ4v) is 1.20. The highest BCUT2D eigenvalue weighted by atomic mass is 19.3. The van der Waals surface area contributed by atoms with Crippen molar-refractivity contribution in [2.75, 3.05) is 11.9 Å². The maximum absolute atomic E-state index is 12.4. The highest BCUT2D eigenvalue weighted by Gasteiger charge is 2.50. The van der Waals surface area contributed by atoms with E-state index < -0.39 is 11.8 Å². The predicted molar refractivity (Wildman–Crippen MR) is 42.7 cm³/mol. The average molecular weight is 188 g/mol. The van der Waals surface area contributed by atoms with E-state index in [0.29, 0.717) is 18.7 Å². The summed E-state index contributed by atoms with van der Waals surface area (Å²) in [5.41, 5.74) is -0.807. The molecule has 0 radical (unpaired) electrons. The second kappa shape index (κ2) is 2.97. The van der Waals surface area contributed by atoms with Gasteiger partial charge in [0.2, 0.25) is 6.43 Å². The van der Waals surface area contributed by atoms with Crippen molar-refractivity contribution in [1.29, 1.82) is 0 Å². The van der Waals surface area contributed by atoms with Gasteiger partial charge in [0.25, 0.3) is 0 Å². The molecule has 1 aliphatic rings. The number of hydrogen-bond acceptors (Lipinski definition) is 3. The van der Waals surface area contributed by atoms with E-state index in [1.165, 1.54) is 6.26 Å². The van der Waals surface area contributed by atoms with Gasteiger partial charge in [-0.25, -0.2) is 8.78 Å². The van der Waals surface area contributed by atoms with E-state index in [4.69, 9.17) is 0 Å². The molecule has 3 nitrogen and oxygen atoms in total. The van der Waals surface area contributed by atoms with Crippen LogP contribution in [0.1, 0.15) is 12.8 Å². The number of alkyl halides is 2. The van der Waals surface area contributed by atoms with Crippen LogP contribution in [-0.2, 0) is 0 Å². The van der Waals surface area contributed by atoms with Crippen LogP contribution in [0.5, 0.6) is 0 Å². The Hall–Kier alpha value is -1.13. The van der Waals surface area contributed by atoms with Crippen LogP contribution in [0, 0.1) is 5.41 Å². The molecule has 0 amide bonds. The van der Waals surface area contributed by atoms with Gasteiger partial charge in [-0.3, -0.25) is 0 Å². The maximum atomic E-state index is 12.4. The molecule has 0 saturated heterocycles. The molecule has 1 aromatic heterocycles. The Morgan fingerprint density at radius 2 is 2.38 bits per heavy atom. The van der Waals surface area contributed by atoms with Crippen molar-refractivity contribution >= 4 is 5.82 Å². The Bertz CT molecular complexity index is 270. The van der Waals surface area contributed by atoms with Gasteiger partial charge in [0, 0.05) is 18.0 Å². The molecular formula is C8H10F2N2O. The molecule has 13 heavy (non-hydrogen) atoms. The number of nitrogens with zero attached hydrogens (tertiary/aromatic N) is 1. The van der Waals surface area contributed by atoms with Crippen molar-refractivity contribution < 1.29 is 13.3 Å². The summed E-state index contributed by atoms with van der Waals surface area (Å²) in [6.45, 7) is 0.275. The van der Waals surface area contributed by atoms with Gasteiger partial charge in [-0.2, -0.15) is 0 Å². The van der Waals surface area contributed by atoms with E-state index in [-0.39, 0.29) is 6.54 Å². The summed E-state index contributed by atoms with van der Waals surface area (Å²) >= 11 is 0. The molecule has 5 heteroatoms. The number of aromatic nitrogens is 1. The first-order valence-corrected chi connectivity index (χ1v) is 4.15. The minimum atomic E-state index is -2.24. The number of rotatable bonds is 4. The Labute approximate surface area is 74.1 Å². The fourth-order valence-electron chi connectivity index (χ4n) is 1.20. The lowest BCUT2D eigenvalue weighted by Crippen LogP contribution is -2.22. The molecule has 2 rings (SSSR count). The molecule has 0 unspecified atom stereocenters. The van der Waals surface area contributed by atoms with E-state index in [1.54, 1.807) is 6.07 Å². The molecule has 1 fully saturated rings. The van der Waals surface area contributed by atoms with Crippen molar-refractivity contribution in [2.24, 2.45) is 5.41 Å². The van der Waals surface area contributed by atoms with Gasteiger partial charge in [-0.1, -0.05) is 5.16 Å². The smallest absolute Gasteiger partial charge is 0.245 e. The summed E-state index contributed by atoms with van der Waals surface area (Å²) in [7, 11) is 0. The number of nitrogens with one attached hydrogen (secondary N) is 1. The monoisotopic (exact) mass is 188 g/mol. The topological polar surface area (TPSA) is 38.1 Å². The quantitative estimate of drug-likeness (QED) is 0.786. The third-order valence-electron chi connectivity index (χ3n) is 2.41. The Balaban J connectivity index is 1.86. The zero-order valence-corrected chi connectivity index (χ0v) is 6.96. The van der Waals surface area contributed by atoms with Crippen molar-refractivity contribution in [1.82, 2.24) is 5.16 Å². The largest absolute Gasteiger partial charge is 0.366 e. The minimum absolute atomic E-state index is 0.275. The van der Waals surface area contributed by atoms with Crippen LogP contribution in [0.15, 0.2) is 16.9 Å². The molecule has 0 atom stereocenters. The number of anilines is 1. The first kappa shape index (κ1) is 8.47. The SMILES string of the molecule is FC(F)C1(CNc2ccon2)CC1. The molecular weight excluding hydrogens is 178 g/mol. The highest BCUT2D eigenvalue weighted by Crippen LogP contribution is 2.50. The summed E-state index contributed by atoms with van der Waals surface area (Å²) in [6.07, 6.45) is 0.349. The maximum Gasteiger partial charge on any atom is 0.245 e. The molecule has 1 saturated carbocycles. The first-order chi connectivity index (χ1) is 6.23. The van der Waals surface area contributed by atoms with E-state index in [2.05, 4.69) is 15.0 Å². The van der Waals surface area contributed by atoms with E-state index in [0.717, 1.165) is 0 Å². The fraction of sp³-hybridized carbons (Fsp3) is 0.625. The van der Waals surface area contributed by atoms with Gasteiger partial charge in [-0.15, -0.1) is 0 Å². The van der Waals surface area contributed by atoms with E-state index >= 15 is 0 Å². The van der Waals surface area contributed by atoms with Gasteiger partial charge in [0.15, 0.2) is 5.82 Å². The van der Waals surface area contributed by atoms with E-state index in [9.17, 15) is 8.78 Å². The molecule has 1 heterocycles. The minimum Gasteiger partial charge on any atom is -0.366 e. The van der Waals surface area contributed by atoms with Gasteiger partial charge < -0.3 is 9.84 Å². The Morgan fingerprint density at radius 1 is 1.62 bits per heavy atom. The Morgan fingerprint density at radius 3 is 2.85 bits per heavy atom. The standard InChI is InChI=1S/C8H10F2N2O/c9-7(10)8(2-3-8)5-11-6-1-4-13-12-6/h1,4,7H,2-3,5H2,(H,11,12). The van der Waals surface area contributed by atoms with Crippen LogP contribution in [-0.4, -0.2) is 18.1 Å². The number of hydrogen-bond donors (Lipinski definition) is 1. The lowest BCUT2D eigenvalue weighted by atomic mass is 10.1. The Kier molecular flexibility index (Phi) is 1.94. The first-order valence-electron chi connectivity index (χ1n) is 4.15. The van der Waals surface area contributed by atoms with Crippen molar-refractivity contribution in [2.45, 2.75) is 19.3 Å². The van der Waals surface area contributed by atoms with Crippen LogP contribution in [0.2, 0.25) is 0 Å². The predicted octanol–water partition coefficient (Wildman–Crippen LogP) is 2.13. The molecule has 0 aliphatic heterocycles. The van der Waals surface area contributed by atoms with Crippen LogP contribution in [0.25, 0.3) is 0 Å². The summed E-state index contributed by atoms with van der Waals surface area (Å²) in [4.78, 5) is 0. The lowest BCUT2D eigenvalue weighted by molar-refractivity contribution is 0.0687. The second-order valence-electron chi connectivity index (χ2n) is 3.40. The second-order valence-corrected chi connectivity index (χ2v) is 3.40. The van der Waals surface area contributed by atoms with Crippen molar-refractivity contribution in [3.63, 3.8) is 0 Å². The average Bonchev–Trinajstić information content (AvgIpc) is 2.73. The van der Waals surface area contributed by atoms with Crippen LogP contribution < -0.4 is 5.32 Å². The van der Waals surface area contributed by atoms with Crippen molar-refractivity contribution in [3.05, 3.63) is 12.3 Å². The van der Waals surface area contributed by atoms with E-state index in [1.807, 2.05) is 0 Å². The van der Waals surface area contributed by atoms with Crippen molar-refractivity contribution in [3.8, 4) is 0 Å². The van der Waals surface area contributed by atoms with Crippen LogP contribution in [0.4, 0.5) is 14.6 Å². The van der Waals surface area contributed by atoms with Crippen LogP contribution in [0.3, 0.4) is 0 Å². The summed E-state index contributed by atoms with van der Waals surface area (Å²) < 4.78 is 29.4. The number of halogens is 2. The summed E-state index contributed by atoms with van der Waals surface area (Å²) in [5, 5.41) is 6.40. The highest BCUT2D eigenvalue weighted by molar-refractivity contribution is 5.31. The molecule has 0 aromatic carbocycles. The van der Waals surface area contributed by atoms with Gasteiger partial charge in [0.1, 0.15) is 6.26 Å². The van der Waals surface area contributed by atoms with Gasteiger partial charge in [-0.05, 0) is 12.8 Å². The molecule has 1 N–H and O–H groups in total. The molecule has 0 bridgehead atoms. The molecule has 0 spiro atoms. The third-order valence-corrected chi connectivity index (χ3v) is 2.41. The molecule has 1 aliphatic carbocycles. The van der Waals surface area contributed by atoms with Gasteiger partial charge in [0.05, 0.1) is 0 Å². The third kappa shape index (κ3) is 1.64. The normalized spacial score (nSPS) is 19.0. The van der Waals surface area contributed by atoms with Gasteiger partial charge >= 0.3 is 0 Å². The lowest BCUT2D eigenvalue weighted by Gasteiger charge is -2.13. The summed E-state index contributed by atoms with van der Waals surface area (Å²) in [5.74, 6) is 0.520. The van der Waals surface area contributed by atoms with Crippen LogP contribution >= 0.6 is 0 Å². The zero-order chi connectivity index (χ0) is 9.31. The summed E-state index contributed by atoms with van der Waals surface area (Å²) in [6, 6.07) is 1.61. The molecule has 1 aromatic rings. The molecule has 72 valence electrons. The zero-order valence-electron chi connectivity index (χ0n) is 6.96.